The van der Waals surface area contributed by atoms with E-state index in [0.29, 0.717) is 23.4 Å². The normalized spacial score (nSPS) is 13.4. The Morgan fingerprint density at radius 3 is 2.20 bits per heavy atom. The van der Waals surface area contributed by atoms with E-state index in [-0.39, 0.29) is 12.8 Å². The number of methoxy groups -OCH3 is 1. The van der Waals surface area contributed by atoms with Gasteiger partial charge in [-0.05, 0) is 95.3 Å². The first kappa shape index (κ1) is 33.1. The summed E-state index contributed by atoms with van der Waals surface area (Å²) in [7, 11) is 1.56. The van der Waals surface area contributed by atoms with Crippen LogP contribution < -0.4 is 21.1 Å². The molecule has 0 fully saturated rings. The van der Waals surface area contributed by atoms with Gasteiger partial charge in [0.05, 0.1) is 7.11 Å². The number of rotatable bonds is 12. The predicted molar refractivity (Wildman–Crippen MR) is 158 cm³/mol. The summed E-state index contributed by atoms with van der Waals surface area (Å²) in [6, 6.07) is 9.87. The van der Waals surface area contributed by atoms with Crippen LogP contribution in [-0.4, -0.2) is 53.5 Å². The van der Waals surface area contributed by atoms with Crippen molar-refractivity contribution >= 4 is 29.5 Å². The van der Waals surface area contributed by atoms with Gasteiger partial charge in [0.2, 0.25) is 11.8 Å². The van der Waals surface area contributed by atoms with Gasteiger partial charge >= 0.3 is 6.09 Å². The lowest BCUT2D eigenvalue weighted by molar-refractivity contribution is -0.143. The molecule has 3 atom stereocenters. The first-order valence-electron chi connectivity index (χ1n) is 13.8. The standard InChI is InChI=1S/C31H44N4O6/c1-9-20(3)35(29(38)25(17-18-26(32)36)34-30(39)41-31(5,6)7)27(24-12-10-11-19(2)21(24)4)28(37)33-22-13-15-23(40-8)16-14-22/h10-16,20,25,27H,9,17-18H2,1-8H3,(H2,32,36)(H,33,37)(H,34,39). The summed E-state index contributed by atoms with van der Waals surface area (Å²) in [5, 5.41) is 5.56. The van der Waals surface area contributed by atoms with Gasteiger partial charge in [0.25, 0.3) is 5.91 Å². The second kappa shape index (κ2) is 14.5. The highest BCUT2D eigenvalue weighted by molar-refractivity contribution is 5.99. The Morgan fingerprint density at radius 2 is 1.66 bits per heavy atom. The number of hydrogen-bond donors (Lipinski definition) is 3. The number of anilines is 1. The van der Waals surface area contributed by atoms with Gasteiger partial charge in [-0.3, -0.25) is 14.4 Å². The van der Waals surface area contributed by atoms with Crippen LogP contribution in [0.4, 0.5) is 10.5 Å². The average Bonchev–Trinajstić information content (AvgIpc) is 2.90. The van der Waals surface area contributed by atoms with Crippen LogP contribution in [0.1, 0.15) is 76.6 Å². The molecule has 2 aromatic rings. The molecule has 4 N–H and O–H groups in total. The van der Waals surface area contributed by atoms with E-state index in [4.69, 9.17) is 15.2 Å². The molecule has 0 saturated carbocycles. The highest BCUT2D eigenvalue weighted by atomic mass is 16.6. The third-order valence-electron chi connectivity index (χ3n) is 6.81. The Hall–Kier alpha value is -4.08. The molecule has 0 aliphatic heterocycles. The molecule has 0 saturated heterocycles. The topological polar surface area (TPSA) is 140 Å². The number of alkyl carbamates (subject to hydrolysis) is 1. The summed E-state index contributed by atoms with van der Waals surface area (Å²) in [4.78, 5) is 54.3. The van der Waals surface area contributed by atoms with Crippen molar-refractivity contribution in [1.29, 1.82) is 0 Å². The van der Waals surface area contributed by atoms with Crippen LogP contribution in [-0.2, 0) is 19.1 Å². The number of ether oxygens (including phenoxy) is 2. The molecule has 0 heterocycles. The molecule has 10 nitrogen and oxygen atoms in total. The third kappa shape index (κ3) is 9.51. The molecule has 4 amide bonds. The van der Waals surface area contributed by atoms with E-state index in [1.807, 2.05) is 45.9 Å². The summed E-state index contributed by atoms with van der Waals surface area (Å²) in [5.41, 5.74) is 7.58. The molecule has 0 aliphatic carbocycles. The lowest BCUT2D eigenvalue weighted by atomic mass is 9.93. The maximum Gasteiger partial charge on any atom is 0.408 e. The number of aryl methyl sites for hydroxylation is 1. The summed E-state index contributed by atoms with van der Waals surface area (Å²) in [5.74, 6) is -0.936. The van der Waals surface area contributed by atoms with Gasteiger partial charge in [-0.1, -0.05) is 25.1 Å². The second-order valence-corrected chi connectivity index (χ2v) is 11.1. The fraction of sp³-hybridized carbons (Fsp3) is 0.484. The Balaban J connectivity index is 2.62. The first-order valence-corrected chi connectivity index (χ1v) is 13.8. The number of nitrogens with two attached hydrogens (primary N) is 1. The number of hydrogen-bond acceptors (Lipinski definition) is 6. The zero-order chi connectivity index (χ0) is 30.9. The van der Waals surface area contributed by atoms with Crippen molar-refractivity contribution in [1.82, 2.24) is 10.2 Å². The van der Waals surface area contributed by atoms with Crippen molar-refractivity contribution in [3.8, 4) is 5.75 Å². The minimum Gasteiger partial charge on any atom is -0.497 e. The second-order valence-electron chi connectivity index (χ2n) is 11.1. The fourth-order valence-electron chi connectivity index (χ4n) is 4.34. The molecule has 0 bridgehead atoms. The lowest BCUT2D eigenvalue weighted by Crippen LogP contribution is -2.55. The molecule has 0 aromatic heterocycles. The van der Waals surface area contributed by atoms with Crippen molar-refractivity contribution in [2.75, 3.05) is 12.4 Å². The van der Waals surface area contributed by atoms with Gasteiger partial charge in [0.1, 0.15) is 23.4 Å². The smallest absolute Gasteiger partial charge is 0.408 e. The molecular weight excluding hydrogens is 524 g/mol. The Kier molecular flexibility index (Phi) is 11.7. The number of nitrogens with zero attached hydrogens (tertiary/aromatic N) is 1. The number of nitrogens with one attached hydrogen (secondary N) is 2. The SMILES string of the molecule is CCC(C)N(C(=O)C(CCC(N)=O)NC(=O)OC(C)(C)C)C(C(=O)Nc1ccc(OC)cc1)c1cccc(C)c1C. The Morgan fingerprint density at radius 1 is 1.02 bits per heavy atom. The molecule has 2 aromatic carbocycles. The Labute approximate surface area is 242 Å². The molecule has 0 radical (unpaired) electrons. The molecule has 0 aliphatic rings. The summed E-state index contributed by atoms with van der Waals surface area (Å²) in [6.45, 7) is 12.7. The summed E-state index contributed by atoms with van der Waals surface area (Å²) in [6.07, 6.45) is -0.486. The molecular formula is C31H44N4O6. The highest BCUT2D eigenvalue weighted by Gasteiger charge is 2.39. The number of carbonyl (C=O) groups is 4. The first-order chi connectivity index (χ1) is 19.2. The van der Waals surface area contributed by atoms with Crippen LogP contribution in [0, 0.1) is 13.8 Å². The van der Waals surface area contributed by atoms with Gasteiger partial charge in [-0.15, -0.1) is 0 Å². The summed E-state index contributed by atoms with van der Waals surface area (Å²) >= 11 is 0. The zero-order valence-electron chi connectivity index (χ0n) is 25.4. The van der Waals surface area contributed by atoms with Crippen LogP contribution in [0.3, 0.4) is 0 Å². The monoisotopic (exact) mass is 568 g/mol. The number of carbonyl (C=O) groups excluding carboxylic acids is 4. The number of benzene rings is 2. The van der Waals surface area contributed by atoms with Gasteiger partial charge in [-0.2, -0.15) is 0 Å². The molecule has 2 rings (SSSR count). The lowest BCUT2D eigenvalue weighted by Gasteiger charge is -2.39. The van der Waals surface area contributed by atoms with E-state index in [1.165, 1.54) is 4.90 Å². The quantitative estimate of drug-likeness (QED) is 0.337. The predicted octanol–water partition coefficient (Wildman–Crippen LogP) is 4.78. The maximum absolute atomic E-state index is 14.3. The zero-order valence-corrected chi connectivity index (χ0v) is 25.4. The third-order valence-corrected chi connectivity index (χ3v) is 6.81. The largest absolute Gasteiger partial charge is 0.497 e. The molecule has 0 spiro atoms. The van der Waals surface area contributed by atoms with E-state index in [9.17, 15) is 19.2 Å². The van der Waals surface area contributed by atoms with Crippen LogP contribution in [0.25, 0.3) is 0 Å². The highest BCUT2D eigenvalue weighted by Crippen LogP contribution is 2.31. The molecule has 3 unspecified atom stereocenters. The van der Waals surface area contributed by atoms with Crippen molar-refractivity contribution in [3.05, 3.63) is 59.2 Å². The van der Waals surface area contributed by atoms with Crippen LogP contribution >= 0.6 is 0 Å². The number of amides is 4. The van der Waals surface area contributed by atoms with Gasteiger partial charge in [0, 0.05) is 18.2 Å². The van der Waals surface area contributed by atoms with Gasteiger partial charge in [-0.25, -0.2) is 4.79 Å². The molecule has 10 heteroatoms. The van der Waals surface area contributed by atoms with Crippen molar-refractivity contribution in [2.45, 2.75) is 91.5 Å². The van der Waals surface area contributed by atoms with Crippen molar-refractivity contribution in [2.24, 2.45) is 5.73 Å². The van der Waals surface area contributed by atoms with E-state index in [0.717, 1.165) is 11.1 Å². The van der Waals surface area contributed by atoms with E-state index < -0.39 is 47.5 Å². The van der Waals surface area contributed by atoms with Crippen molar-refractivity contribution in [3.63, 3.8) is 0 Å². The van der Waals surface area contributed by atoms with E-state index >= 15 is 0 Å². The average molecular weight is 569 g/mol. The maximum atomic E-state index is 14.3. The number of primary amides is 1. The van der Waals surface area contributed by atoms with E-state index in [1.54, 1.807) is 52.1 Å². The fourth-order valence-corrected chi connectivity index (χ4v) is 4.34. The van der Waals surface area contributed by atoms with Gasteiger partial charge < -0.3 is 30.7 Å². The molecule has 224 valence electrons. The Bertz CT molecular complexity index is 1220. The van der Waals surface area contributed by atoms with Crippen LogP contribution in [0.5, 0.6) is 5.75 Å². The van der Waals surface area contributed by atoms with E-state index in [2.05, 4.69) is 10.6 Å². The van der Waals surface area contributed by atoms with Crippen LogP contribution in [0.15, 0.2) is 42.5 Å². The molecule has 41 heavy (non-hydrogen) atoms. The minimum atomic E-state index is -1.16. The van der Waals surface area contributed by atoms with Crippen LogP contribution in [0.2, 0.25) is 0 Å². The van der Waals surface area contributed by atoms with Crippen molar-refractivity contribution < 1.29 is 28.7 Å². The summed E-state index contributed by atoms with van der Waals surface area (Å²) < 4.78 is 10.6. The van der Waals surface area contributed by atoms with Gasteiger partial charge in [0.15, 0.2) is 0 Å². The minimum absolute atomic E-state index is 0.0556.